The molecule has 3 rings (SSSR count). The molecule has 2 heterocycles. The van der Waals surface area contributed by atoms with E-state index in [-0.39, 0.29) is 5.60 Å². The Balaban J connectivity index is 1.96. The van der Waals surface area contributed by atoms with E-state index in [0.29, 0.717) is 12.4 Å². The minimum Gasteiger partial charge on any atom is -0.487 e. The summed E-state index contributed by atoms with van der Waals surface area (Å²) in [7, 11) is 0. The number of rotatable bonds is 2. The number of para-hydroxylation sites is 1. The summed E-state index contributed by atoms with van der Waals surface area (Å²) in [5.74, 6) is 1.67. The summed E-state index contributed by atoms with van der Waals surface area (Å²) in [6.07, 6.45) is 2.66. The minimum absolute atomic E-state index is 0.117. The number of ether oxygens (including phenoxy) is 1. The van der Waals surface area contributed by atoms with Gasteiger partial charge in [-0.05, 0) is 25.5 Å². The summed E-state index contributed by atoms with van der Waals surface area (Å²) in [6, 6.07) is 8.06. The molecule has 1 aliphatic rings. The fourth-order valence-electron chi connectivity index (χ4n) is 2.44. The van der Waals surface area contributed by atoms with Gasteiger partial charge in [0.25, 0.3) is 0 Å². The largest absolute Gasteiger partial charge is 0.487 e. The van der Waals surface area contributed by atoms with Crippen molar-refractivity contribution in [1.82, 2.24) is 9.78 Å². The van der Waals surface area contributed by atoms with Crippen LogP contribution in [0.5, 0.6) is 5.75 Å². The molecule has 0 radical (unpaired) electrons. The lowest BCUT2D eigenvalue weighted by Gasteiger charge is -2.18. The Morgan fingerprint density at radius 1 is 1.39 bits per heavy atom. The number of hydrogen-bond donors (Lipinski definition) is 1. The van der Waals surface area contributed by atoms with Crippen molar-refractivity contribution < 1.29 is 4.74 Å². The second-order valence-corrected chi connectivity index (χ2v) is 5.36. The molecular formula is C14H17N3O. The molecule has 4 nitrogen and oxygen atoms in total. The monoisotopic (exact) mass is 243 g/mol. The Morgan fingerprint density at radius 2 is 2.22 bits per heavy atom. The normalized spacial score (nSPS) is 16.3. The van der Waals surface area contributed by atoms with Gasteiger partial charge in [-0.25, -0.2) is 4.68 Å². The van der Waals surface area contributed by atoms with Crippen molar-refractivity contribution in [2.24, 2.45) is 0 Å². The number of nitrogens with two attached hydrogens (primary N) is 1. The highest BCUT2D eigenvalue weighted by Gasteiger charge is 2.31. The van der Waals surface area contributed by atoms with Crippen LogP contribution in [0.2, 0.25) is 0 Å². The van der Waals surface area contributed by atoms with Crippen LogP contribution in [0.1, 0.15) is 25.0 Å². The van der Waals surface area contributed by atoms with E-state index in [4.69, 9.17) is 10.5 Å². The number of benzene rings is 1. The zero-order valence-electron chi connectivity index (χ0n) is 10.7. The molecular weight excluding hydrogens is 226 g/mol. The average molecular weight is 243 g/mol. The van der Waals surface area contributed by atoms with Gasteiger partial charge in [0.1, 0.15) is 17.2 Å². The van der Waals surface area contributed by atoms with E-state index >= 15 is 0 Å². The van der Waals surface area contributed by atoms with Gasteiger partial charge in [-0.1, -0.05) is 18.2 Å². The quantitative estimate of drug-likeness (QED) is 0.880. The van der Waals surface area contributed by atoms with Crippen LogP contribution in [0.4, 0.5) is 5.82 Å². The Labute approximate surface area is 106 Å². The summed E-state index contributed by atoms with van der Waals surface area (Å²) in [5.41, 5.74) is 8.13. The van der Waals surface area contributed by atoms with Crippen molar-refractivity contribution in [2.45, 2.75) is 32.4 Å². The van der Waals surface area contributed by atoms with Crippen LogP contribution in [0.25, 0.3) is 0 Å². The Morgan fingerprint density at radius 3 is 2.94 bits per heavy atom. The van der Waals surface area contributed by atoms with Crippen LogP contribution < -0.4 is 10.5 Å². The average Bonchev–Trinajstić information content (AvgIpc) is 2.82. The van der Waals surface area contributed by atoms with Gasteiger partial charge in [0, 0.05) is 12.0 Å². The first kappa shape index (κ1) is 11.1. The van der Waals surface area contributed by atoms with Crippen molar-refractivity contribution in [3.8, 4) is 5.75 Å². The van der Waals surface area contributed by atoms with Crippen LogP contribution in [-0.2, 0) is 13.0 Å². The maximum absolute atomic E-state index is 6.03. The lowest BCUT2D eigenvalue weighted by molar-refractivity contribution is 0.137. The molecule has 0 bridgehead atoms. The van der Waals surface area contributed by atoms with Crippen LogP contribution >= 0.6 is 0 Å². The fourth-order valence-corrected chi connectivity index (χ4v) is 2.44. The van der Waals surface area contributed by atoms with E-state index in [1.807, 2.05) is 0 Å². The predicted molar refractivity (Wildman–Crippen MR) is 70.6 cm³/mol. The number of aromatic nitrogens is 2. The minimum atomic E-state index is -0.117. The molecule has 0 atom stereocenters. The number of nitrogen functional groups attached to an aromatic ring is 1. The van der Waals surface area contributed by atoms with Gasteiger partial charge in [0.2, 0.25) is 0 Å². The molecule has 1 aliphatic heterocycles. The van der Waals surface area contributed by atoms with Gasteiger partial charge in [0.05, 0.1) is 12.7 Å². The van der Waals surface area contributed by atoms with E-state index in [1.165, 1.54) is 5.56 Å². The molecule has 2 N–H and O–H groups in total. The van der Waals surface area contributed by atoms with Crippen molar-refractivity contribution in [1.29, 1.82) is 0 Å². The fraction of sp³-hybridized carbons (Fsp3) is 0.357. The Kier molecular flexibility index (Phi) is 2.33. The summed E-state index contributed by atoms with van der Waals surface area (Å²) in [6.45, 7) is 4.87. The lowest BCUT2D eigenvalue weighted by atomic mass is 10.0. The van der Waals surface area contributed by atoms with Gasteiger partial charge in [-0.15, -0.1) is 0 Å². The highest BCUT2D eigenvalue weighted by molar-refractivity contribution is 5.46. The first-order valence-electron chi connectivity index (χ1n) is 6.12. The molecule has 0 spiro atoms. The van der Waals surface area contributed by atoms with E-state index < -0.39 is 0 Å². The smallest absolute Gasteiger partial charge is 0.128 e. The number of anilines is 1. The van der Waals surface area contributed by atoms with Crippen LogP contribution in [0.15, 0.2) is 30.5 Å². The van der Waals surface area contributed by atoms with Crippen molar-refractivity contribution in [2.75, 3.05) is 5.73 Å². The van der Waals surface area contributed by atoms with E-state index in [9.17, 15) is 0 Å². The standard InChI is InChI=1S/C14H17N3O/c1-14(2)8-10-4-3-5-11(13(10)18-14)9-17-12(15)6-7-16-17/h3-7H,8-9,15H2,1-2H3. The molecule has 1 aromatic heterocycles. The molecule has 4 heteroatoms. The molecule has 18 heavy (non-hydrogen) atoms. The topological polar surface area (TPSA) is 53.1 Å². The number of nitrogens with zero attached hydrogens (tertiary/aromatic N) is 2. The van der Waals surface area contributed by atoms with Crippen molar-refractivity contribution >= 4 is 5.82 Å². The van der Waals surface area contributed by atoms with Gasteiger partial charge < -0.3 is 10.5 Å². The summed E-state index contributed by atoms with van der Waals surface area (Å²) in [5, 5.41) is 4.21. The number of hydrogen-bond acceptors (Lipinski definition) is 3. The maximum Gasteiger partial charge on any atom is 0.128 e. The van der Waals surface area contributed by atoms with Gasteiger partial charge >= 0.3 is 0 Å². The summed E-state index contributed by atoms with van der Waals surface area (Å²) in [4.78, 5) is 0. The molecule has 0 fully saturated rings. The van der Waals surface area contributed by atoms with Crippen LogP contribution in [-0.4, -0.2) is 15.4 Å². The second-order valence-electron chi connectivity index (χ2n) is 5.36. The maximum atomic E-state index is 6.03. The summed E-state index contributed by atoms with van der Waals surface area (Å²) < 4.78 is 7.81. The zero-order chi connectivity index (χ0) is 12.8. The van der Waals surface area contributed by atoms with E-state index in [1.54, 1.807) is 16.9 Å². The number of fused-ring (bicyclic) bond motifs is 1. The van der Waals surface area contributed by atoms with E-state index in [2.05, 4.69) is 37.1 Å². The third-order valence-corrected chi connectivity index (χ3v) is 3.24. The van der Waals surface area contributed by atoms with Crippen LogP contribution in [0.3, 0.4) is 0 Å². The predicted octanol–water partition coefficient (Wildman–Crippen LogP) is 2.23. The Hall–Kier alpha value is -1.97. The summed E-state index contributed by atoms with van der Waals surface area (Å²) >= 11 is 0. The van der Waals surface area contributed by atoms with Crippen molar-refractivity contribution in [3.05, 3.63) is 41.6 Å². The van der Waals surface area contributed by atoms with Crippen LogP contribution in [0, 0.1) is 0 Å². The molecule has 2 aromatic rings. The first-order chi connectivity index (χ1) is 8.55. The molecule has 0 saturated heterocycles. The molecule has 0 saturated carbocycles. The molecule has 0 unspecified atom stereocenters. The lowest BCUT2D eigenvalue weighted by Crippen LogP contribution is -2.25. The van der Waals surface area contributed by atoms with Gasteiger partial charge in [-0.3, -0.25) is 0 Å². The molecule has 0 amide bonds. The zero-order valence-corrected chi connectivity index (χ0v) is 10.7. The highest BCUT2D eigenvalue weighted by Crippen LogP contribution is 2.37. The molecule has 94 valence electrons. The third kappa shape index (κ3) is 1.83. The molecule has 1 aromatic carbocycles. The van der Waals surface area contributed by atoms with Crippen molar-refractivity contribution in [3.63, 3.8) is 0 Å². The third-order valence-electron chi connectivity index (χ3n) is 3.24. The Bertz CT molecular complexity index is 586. The highest BCUT2D eigenvalue weighted by atomic mass is 16.5. The molecule has 0 aliphatic carbocycles. The first-order valence-corrected chi connectivity index (χ1v) is 6.12. The van der Waals surface area contributed by atoms with E-state index in [0.717, 1.165) is 17.7 Å². The van der Waals surface area contributed by atoms with Gasteiger partial charge in [-0.2, -0.15) is 5.10 Å². The SMILES string of the molecule is CC1(C)Cc2cccc(Cn3nccc3N)c2O1. The second kappa shape index (κ2) is 3.77. The van der Waals surface area contributed by atoms with Gasteiger partial charge in [0.15, 0.2) is 0 Å².